The van der Waals surface area contributed by atoms with Crippen molar-refractivity contribution in [2.45, 2.75) is 0 Å². The summed E-state index contributed by atoms with van der Waals surface area (Å²) in [5, 5.41) is 9.57. The van der Waals surface area contributed by atoms with Crippen LogP contribution in [0.4, 0.5) is 0 Å². The second kappa shape index (κ2) is 2.65. The van der Waals surface area contributed by atoms with Crippen molar-refractivity contribution in [1.82, 2.24) is 5.53 Å². The first-order valence-electron chi connectivity index (χ1n) is 3.59. The summed E-state index contributed by atoms with van der Waals surface area (Å²) in [6, 6.07) is 7.68. The van der Waals surface area contributed by atoms with Gasteiger partial charge in [-0.3, -0.25) is 0 Å². The van der Waals surface area contributed by atoms with Crippen molar-refractivity contribution in [2.24, 2.45) is 15.9 Å². The summed E-state index contributed by atoms with van der Waals surface area (Å²) in [5.74, 6) is 0.434. The topological polar surface area (TPSA) is 62.8 Å². The van der Waals surface area contributed by atoms with Crippen molar-refractivity contribution in [2.75, 3.05) is 0 Å². The smallest absolute Gasteiger partial charge is 0.145 e. The van der Waals surface area contributed by atoms with Gasteiger partial charge in [0.1, 0.15) is 5.84 Å². The van der Waals surface area contributed by atoms with E-state index in [2.05, 4.69) is 15.7 Å². The minimum Gasteiger partial charge on any atom is -0.382 e. The molecule has 0 saturated heterocycles. The second-order valence-corrected chi connectivity index (χ2v) is 2.45. The Labute approximate surface area is 69.1 Å². The first kappa shape index (κ1) is 6.84. The van der Waals surface area contributed by atoms with Gasteiger partial charge in [0.15, 0.2) is 0 Å². The monoisotopic (exact) mass is 160 g/mol. The van der Waals surface area contributed by atoms with Crippen LogP contribution < -0.4 is 21.8 Å². The molecule has 0 spiro atoms. The molecule has 0 aromatic heterocycles. The fourth-order valence-electron chi connectivity index (χ4n) is 1.04. The third-order valence-corrected chi connectivity index (χ3v) is 1.59. The Hall–Kier alpha value is -1.84. The molecular formula is C8H8N4. The highest BCUT2D eigenvalue weighted by molar-refractivity contribution is 6.07. The lowest BCUT2D eigenvalue weighted by Gasteiger charge is -1.86. The average Bonchev–Trinajstić information content (AvgIpc) is 2.25. The number of rotatable bonds is 0. The number of nitrogens with one attached hydrogen (secondary N) is 1. The lowest BCUT2D eigenvalue weighted by molar-refractivity contribution is 0.777. The molecule has 0 bridgehead atoms. The van der Waals surface area contributed by atoms with E-state index in [1.807, 2.05) is 24.3 Å². The van der Waals surface area contributed by atoms with Crippen LogP contribution in [-0.2, 0) is 0 Å². The summed E-state index contributed by atoms with van der Waals surface area (Å²) in [6.45, 7) is 0. The van der Waals surface area contributed by atoms with Gasteiger partial charge in [-0.1, -0.05) is 18.2 Å². The molecule has 3 N–H and O–H groups in total. The lowest BCUT2D eigenvalue weighted by Crippen LogP contribution is -2.26. The number of fused-ring (bicyclic) bond motifs is 1. The van der Waals surface area contributed by atoms with E-state index in [4.69, 9.17) is 5.73 Å². The predicted octanol–water partition coefficient (Wildman–Crippen LogP) is -1.12. The summed E-state index contributed by atoms with van der Waals surface area (Å²) < 4.78 is 0. The summed E-state index contributed by atoms with van der Waals surface area (Å²) in [4.78, 5) is 0. The molecule has 0 unspecified atom stereocenters. The molecule has 0 aliphatic carbocycles. The molecule has 1 aromatic carbocycles. The number of hydrogen-bond donors (Lipinski definition) is 2. The summed E-state index contributed by atoms with van der Waals surface area (Å²) in [5.41, 5.74) is 8.03. The Kier molecular flexibility index (Phi) is 1.51. The molecule has 4 nitrogen and oxygen atoms in total. The predicted molar refractivity (Wildman–Crippen MR) is 46.4 cm³/mol. The standard InChI is InChI=1S/C8H8N4/c9-8-5-6-3-1-2-4-7(6)10-12-11-8/h1-5,12H,(H2,9,11). The summed E-state index contributed by atoms with van der Waals surface area (Å²) in [6.07, 6.45) is 1.78. The number of benzene rings is 1. The molecule has 12 heavy (non-hydrogen) atoms. The van der Waals surface area contributed by atoms with Gasteiger partial charge in [0.2, 0.25) is 0 Å². The highest BCUT2D eigenvalue weighted by Crippen LogP contribution is 1.76. The van der Waals surface area contributed by atoms with Gasteiger partial charge >= 0.3 is 0 Å². The Morgan fingerprint density at radius 2 is 2.00 bits per heavy atom. The lowest BCUT2D eigenvalue weighted by atomic mass is 10.2. The third kappa shape index (κ3) is 1.14. The van der Waals surface area contributed by atoms with Crippen LogP contribution in [0.3, 0.4) is 0 Å². The van der Waals surface area contributed by atoms with Crippen molar-refractivity contribution >= 4 is 11.9 Å². The molecule has 1 aromatic rings. The highest BCUT2D eigenvalue weighted by Gasteiger charge is 1.91. The molecule has 60 valence electrons. The van der Waals surface area contributed by atoms with Gasteiger partial charge in [0, 0.05) is 5.22 Å². The SMILES string of the molecule is NC1=NNN=c2ccccc2=C1. The maximum atomic E-state index is 5.52. The van der Waals surface area contributed by atoms with E-state index in [0.717, 1.165) is 10.6 Å². The van der Waals surface area contributed by atoms with Gasteiger partial charge < -0.3 is 5.73 Å². The van der Waals surface area contributed by atoms with E-state index in [9.17, 15) is 0 Å². The molecule has 2 rings (SSSR count). The van der Waals surface area contributed by atoms with E-state index < -0.39 is 0 Å². The highest BCUT2D eigenvalue weighted by atomic mass is 15.5. The van der Waals surface area contributed by atoms with E-state index in [1.165, 1.54) is 0 Å². The summed E-state index contributed by atoms with van der Waals surface area (Å²) >= 11 is 0. The van der Waals surface area contributed by atoms with Crippen LogP contribution in [0.15, 0.2) is 34.5 Å². The van der Waals surface area contributed by atoms with Crippen LogP contribution in [-0.4, -0.2) is 5.84 Å². The molecule has 0 radical (unpaired) electrons. The number of para-hydroxylation sites is 1. The fraction of sp³-hybridized carbons (Fsp3) is 0. The van der Waals surface area contributed by atoms with Gasteiger partial charge in [-0.15, -0.1) is 5.10 Å². The van der Waals surface area contributed by atoms with Gasteiger partial charge in [0.05, 0.1) is 5.36 Å². The largest absolute Gasteiger partial charge is 0.382 e. The minimum atomic E-state index is 0.434. The Bertz CT molecular complexity index is 433. The molecule has 0 atom stereocenters. The summed E-state index contributed by atoms with van der Waals surface area (Å²) in [7, 11) is 0. The van der Waals surface area contributed by atoms with Crippen molar-refractivity contribution in [1.29, 1.82) is 0 Å². The van der Waals surface area contributed by atoms with Gasteiger partial charge in [-0.05, 0) is 12.1 Å². The fourth-order valence-corrected chi connectivity index (χ4v) is 1.04. The van der Waals surface area contributed by atoms with Crippen LogP contribution in [0, 0.1) is 0 Å². The second-order valence-electron chi connectivity index (χ2n) is 2.45. The maximum Gasteiger partial charge on any atom is 0.145 e. The van der Waals surface area contributed by atoms with Crippen molar-refractivity contribution < 1.29 is 0 Å². The van der Waals surface area contributed by atoms with Crippen molar-refractivity contribution in [3.63, 3.8) is 0 Å². The third-order valence-electron chi connectivity index (χ3n) is 1.59. The minimum absolute atomic E-state index is 0.434. The Morgan fingerprint density at radius 1 is 1.17 bits per heavy atom. The number of hydrogen-bond acceptors (Lipinski definition) is 4. The zero-order chi connectivity index (χ0) is 8.39. The quantitative estimate of drug-likeness (QED) is 0.505. The average molecular weight is 160 g/mol. The van der Waals surface area contributed by atoms with E-state index in [-0.39, 0.29) is 0 Å². The molecule has 0 fully saturated rings. The molecule has 4 heteroatoms. The zero-order valence-electron chi connectivity index (χ0n) is 6.36. The van der Waals surface area contributed by atoms with Crippen molar-refractivity contribution in [3.8, 4) is 0 Å². The molecule has 1 heterocycles. The molecular weight excluding hydrogens is 152 g/mol. The first-order chi connectivity index (χ1) is 5.86. The van der Waals surface area contributed by atoms with Crippen LogP contribution in [0.25, 0.3) is 6.08 Å². The van der Waals surface area contributed by atoms with Crippen LogP contribution in [0.1, 0.15) is 0 Å². The van der Waals surface area contributed by atoms with E-state index in [1.54, 1.807) is 6.08 Å². The molecule has 0 saturated carbocycles. The van der Waals surface area contributed by atoms with Crippen LogP contribution in [0.2, 0.25) is 0 Å². The Balaban J connectivity index is 2.76. The first-order valence-corrected chi connectivity index (χ1v) is 3.59. The normalized spacial score (nSPS) is 14.2. The number of nitrogens with zero attached hydrogens (tertiary/aromatic N) is 2. The molecule has 1 aliphatic rings. The number of amidine groups is 1. The number of hydrazone groups is 1. The van der Waals surface area contributed by atoms with Crippen LogP contribution >= 0.6 is 0 Å². The molecule has 1 aliphatic heterocycles. The van der Waals surface area contributed by atoms with Gasteiger partial charge in [-0.25, -0.2) is 0 Å². The van der Waals surface area contributed by atoms with E-state index >= 15 is 0 Å². The zero-order valence-corrected chi connectivity index (χ0v) is 6.36. The van der Waals surface area contributed by atoms with E-state index in [0.29, 0.717) is 5.84 Å². The Morgan fingerprint density at radius 3 is 2.92 bits per heavy atom. The van der Waals surface area contributed by atoms with Gasteiger partial charge in [0.25, 0.3) is 0 Å². The van der Waals surface area contributed by atoms with Crippen LogP contribution in [0.5, 0.6) is 0 Å². The maximum absolute atomic E-state index is 5.52. The number of nitrogens with two attached hydrogens (primary N) is 1. The van der Waals surface area contributed by atoms with Crippen molar-refractivity contribution in [3.05, 3.63) is 34.8 Å². The van der Waals surface area contributed by atoms with Gasteiger partial charge in [-0.2, -0.15) is 10.6 Å². The molecule has 0 amide bonds.